The van der Waals surface area contributed by atoms with E-state index in [1.165, 1.54) is 6.07 Å². The first-order valence-corrected chi connectivity index (χ1v) is 9.40. The number of piperazine rings is 1. The van der Waals surface area contributed by atoms with E-state index in [0.717, 1.165) is 57.9 Å². The fourth-order valence-corrected chi connectivity index (χ4v) is 3.73. The van der Waals surface area contributed by atoms with Crippen LogP contribution in [0.1, 0.15) is 26.2 Å². The molecule has 0 aromatic heterocycles. The maximum Gasteiger partial charge on any atom is 0.194 e. The van der Waals surface area contributed by atoms with Crippen LogP contribution in [0.25, 0.3) is 0 Å². The van der Waals surface area contributed by atoms with Crippen LogP contribution in [0.5, 0.6) is 0 Å². The molecule has 1 aliphatic carbocycles. The number of para-hydroxylation sites is 1. The quantitative estimate of drug-likeness (QED) is 0.646. The van der Waals surface area contributed by atoms with Crippen molar-refractivity contribution >= 4 is 11.6 Å². The van der Waals surface area contributed by atoms with Gasteiger partial charge in [0.25, 0.3) is 0 Å². The highest BCUT2D eigenvalue weighted by molar-refractivity contribution is 5.80. The van der Waals surface area contributed by atoms with Crippen molar-refractivity contribution in [1.29, 1.82) is 0 Å². The van der Waals surface area contributed by atoms with Crippen LogP contribution in [0, 0.1) is 11.7 Å². The predicted octanol–water partition coefficient (Wildman–Crippen LogP) is 2.07. The maximum absolute atomic E-state index is 14.0. The molecule has 6 heteroatoms. The highest BCUT2D eigenvalue weighted by atomic mass is 19.1. The summed E-state index contributed by atoms with van der Waals surface area (Å²) in [4.78, 5) is 9.10. The molecule has 1 saturated carbocycles. The van der Waals surface area contributed by atoms with Gasteiger partial charge in [-0.1, -0.05) is 18.6 Å². The van der Waals surface area contributed by atoms with Crippen molar-refractivity contribution in [2.75, 3.05) is 44.2 Å². The number of hydrogen-bond donors (Lipinski definition) is 2. The van der Waals surface area contributed by atoms with E-state index in [0.29, 0.717) is 12.2 Å². The number of anilines is 1. The summed E-state index contributed by atoms with van der Waals surface area (Å²) in [6, 6.07) is 6.96. The highest BCUT2D eigenvalue weighted by Crippen LogP contribution is 2.25. The van der Waals surface area contributed by atoms with Crippen LogP contribution in [-0.4, -0.2) is 61.3 Å². The Morgan fingerprint density at radius 2 is 2.00 bits per heavy atom. The fourth-order valence-electron chi connectivity index (χ4n) is 3.73. The summed E-state index contributed by atoms with van der Waals surface area (Å²) < 4.78 is 14.0. The number of nitrogens with zero attached hydrogens (tertiary/aromatic N) is 3. The number of guanidine groups is 1. The molecule has 138 valence electrons. The van der Waals surface area contributed by atoms with Gasteiger partial charge in [0.1, 0.15) is 5.82 Å². The van der Waals surface area contributed by atoms with Crippen molar-refractivity contribution < 1.29 is 9.50 Å². The maximum atomic E-state index is 14.0. The largest absolute Gasteiger partial charge is 0.393 e. The first kappa shape index (κ1) is 18.0. The summed E-state index contributed by atoms with van der Waals surface area (Å²) in [5.41, 5.74) is 0.679. The van der Waals surface area contributed by atoms with Crippen LogP contribution in [-0.2, 0) is 0 Å². The van der Waals surface area contributed by atoms with Crippen LogP contribution in [0.4, 0.5) is 10.1 Å². The standard InChI is InChI=1S/C19H29FN4O/c1-2-21-19(22-14-15-6-5-9-18(15)25)24-12-10-23(11-13-24)17-8-4-3-7-16(17)20/h3-4,7-8,15,18,25H,2,5-6,9-14H2,1H3,(H,21,22). The zero-order valence-corrected chi connectivity index (χ0v) is 15.0. The summed E-state index contributed by atoms with van der Waals surface area (Å²) in [5.74, 6) is 1.04. The van der Waals surface area contributed by atoms with Crippen LogP contribution in [0.15, 0.2) is 29.3 Å². The molecule has 2 N–H and O–H groups in total. The van der Waals surface area contributed by atoms with Crippen LogP contribution >= 0.6 is 0 Å². The Balaban J connectivity index is 1.59. The molecule has 2 aliphatic rings. The highest BCUT2D eigenvalue weighted by Gasteiger charge is 2.26. The minimum atomic E-state index is -0.204. The Morgan fingerprint density at radius 1 is 1.24 bits per heavy atom. The molecular weight excluding hydrogens is 319 g/mol. The summed E-state index contributed by atoms with van der Waals surface area (Å²) in [6.45, 7) is 6.74. The minimum Gasteiger partial charge on any atom is -0.393 e. The molecule has 0 spiro atoms. The molecule has 2 unspecified atom stereocenters. The van der Waals surface area contributed by atoms with Gasteiger partial charge in [-0.15, -0.1) is 0 Å². The number of aliphatic hydroxyl groups is 1. The molecule has 1 heterocycles. The molecule has 1 aliphatic heterocycles. The van der Waals surface area contributed by atoms with Gasteiger partial charge in [-0.05, 0) is 31.9 Å². The Hall–Kier alpha value is -1.82. The van der Waals surface area contributed by atoms with Gasteiger partial charge in [-0.3, -0.25) is 4.99 Å². The molecular formula is C19H29FN4O. The number of nitrogens with one attached hydrogen (secondary N) is 1. The zero-order valence-electron chi connectivity index (χ0n) is 15.0. The molecule has 0 amide bonds. The number of hydrogen-bond acceptors (Lipinski definition) is 3. The number of aliphatic imine (C=N–C) groups is 1. The molecule has 1 saturated heterocycles. The lowest BCUT2D eigenvalue weighted by Gasteiger charge is -2.38. The number of rotatable bonds is 4. The third kappa shape index (κ3) is 4.42. The van der Waals surface area contributed by atoms with E-state index in [-0.39, 0.29) is 17.8 Å². The average Bonchev–Trinajstić information content (AvgIpc) is 3.04. The second kappa shape index (κ2) is 8.52. The normalized spacial score (nSPS) is 24.7. The van der Waals surface area contributed by atoms with Gasteiger partial charge >= 0.3 is 0 Å². The van der Waals surface area contributed by atoms with Crippen LogP contribution in [0.2, 0.25) is 0 Å². The molecule has 2 atom stereocenters. The minimum absolute atomic E-state index is 0.160. The van der Waals surface area contributed by atoms with Crippen molar-refractivity contribution in [3.8, 4) is 0 Å². The van der Waals surface area contributed by atoms with Crippen molar-refractivity contribution in [2.24, 2.45) is 10.9 Å². The van der Waals surface area contributed by atoms with Crippen LogP contribution in [0.3, 0.4) is 0 Å². The second-order valence-corrected chi connectivity index (χ2v) is 6.88. The Labute approximate surface area is 149 Å². The van der Waals surface area contributed by atoms with Gasteiger partial charge in [0.15, 0.2) is 5.96 Å². The molecule has 1 aromatic carbocycles. The number of benzene rings is 1. The molecule has 5 nitrogen and oxygen atoms in total. The monoisotopic (exact) mass is 348 g/mol. The van der Waals surface area contributed by atoms with E-state index in [9.17, 15) is 9.50 Å². The molecule has 2 fully saturated rings. The lowest BCUT2D eigenvalue weighted by molar-refractivity contribution is 0.136. The lowest BCUT2D eigenvalue weighted by atomic mass is 10.1. The lowest BCUT2D eigenvalue weighted by Crippen LogP contribution is -2.52. The van der Waals surface area contributed by atoms with Gasteiger partial charge in [0.2, 0.25) is 0 Å². The molecule has 0 bridgehead atoms. The van der Waals surface area contributed by atoms with E-state index in [4.69, 9.17) is 4.99 Å². The van der Waals surface area contributed by atoms with Crippen molar-refractivity contribution in [3.63, 3.8) is 0 Å². The third-order valence-corrected chi connectivity index (χ3v) is 5.20. The van der Waals surface area contributed by atoms with Gasteiger partial charge < -0.3 is 20.2 Å². The topological polar surface area (TPSA) is 51.1 Å². The molecule has 25 heavy (non-hydrogen) atoms. The van der Waals surface area contributed by atoms with E-state index < -0.39 is 0 Å². The smallest absolute Gasteiger partial charge is 0.194 e. The van der Waals surface area contributed by atoms with Gasteiger partial charge in [-0.2, -0.15) is 0 Å². The van der Waals surface area contributed by atoms with Crippen molar-refractivity contribution in [3.05, 3.63) is 30.1 Å². The van der Waals surface area contributed by atoms with Gasteiger partial charge in [0, 0.05) is 45.2 Å². The van der Waals surface area contributed by atoms with E-state index in [1.54, 1.807) is 6.07 Å². The number of aliphatic hydroxyl groups excluding tert-OH is 1. The average molecular weight is 348 g/mol. The van der Waals surface area contributed by atoms with E-state index >= 15 is 0 Å². The Morgan fingerprint density at radius 3 is 2.64 bits per heavy atom. The van der Waals surface area contributed by atoms with Crippen LogP contribution < -0.4 is 10.2 Å². The third-order valence-electron chi connectivity index (χ3n) is 5.20. The van der Waals surface area contributed by atoms with Crippen molar-refractivity contribution in [1.82, 2.24) is 10.2 Å². The first-order valence-electron chi connectivity index (χ1n) is 9.40. The molecule has 0 radical (unpaired) electrons. The van der Waals surface area contributed by atoms with Crippen molar-refractivity contribution in [2.45, 2.75) is 32.3 Å². The summed E-state index contributed by atoms with van der Waals surface area (Å²) in [5, 5.41) is 13.3. The summed E-state index contributed by atoms with van der Waals surface area (Å²) in [6.07, 6.45) is 2.85. The zero-order chi connectivity index (χ0) is 17.6. The van der Waals surface area contributed by atoms with E-state index in [2.05, 4.69) is 22.0 Å². The first-order chi connectivity index (χ1) is 12.2. The molecule has 1 aromatic rings. The molecule has 3 rings (SSSR count). The predicted molar refractivity (Wildman–Crippen MR) is 99.5 cm³/mol. The summed E-state index contributed by atoms with van der Waals surface area (Å²) in [7, 11) is 0. The summed E-state index contributed by atoms with van der Waals surface area (Å²) >= 11 is 0. The van der Waals surface area contributed by atoms with E-state index in [1.807, 2.05) is 12.1 Å². The Bertz CT molecular complexity index is 587. The fraction of sp³-hybridized carbons (Fsp3) is 0.632. The number of halogens is 1. The SMILES string of the molecule is CCNC(=NCC1CCCC1O)N1CCN(c2ccccc2F)CC1. The van der Waals surface area contributed by atoms with Gasteiger partial charge in [0.05, 0.1) is 11.8 Å². The second-order valence-electron chi connectivity index (χ2n) is 6.88. The Kier molecular flexibility index (Phi) is 6.13. The van der Waals surface area contributed by atoms with Gasteiger partial charge in [-0.25, -0.2) is 4.39 Å².